The summed E-state index contributed by atoms with van der Waals surface area (Å²) in [5, 5.41) is 3.67. The van der Waals surface area contributed by atoms with E-state index < -0.39 is 0 Å². The van der Waals surface area contributed by atoms with E-state index in [-0.39, 0.29) is 0 Å². The van der Waals surface area contributed by atoms with Gasteiger partial charge in [0.25, 0.3) is 0 Å². The molecular weight excluding hydrogens is 290 g/mol. The number of nitrogens with zero attached hydrogens (tertiary/aromatic N) is 3. The SMILES string of the molecule is CCn1c(Cl)nc2c(-c3nc(C(C)C)cs3)cccc21. The first-order chi connectivity index (χ1) is 9.61. The minimum atomic E-state index is 0.441. The van der Waals surface area contributed by atoms with Gasteiger partial charge in [0, 0.05) is 17.5 Å². The molecule has 0 saturated carbocycles. The molecule has 0 atom stereocenters. The van der Waals surface area contributed by atoms with Crippen molar-refractivity contribution in [2.75, 3.05) is 0 Å². The van der Waals surface area contributed by atoms with Crippen LogP contribution in [0.3, 0.4) is 0 Å². The molecule has 0 aliphatic rings. The van der Waals surface area contributed by atoms with Crippen LogP contribution in [0, 0.1) is 0 Å². The van der Waals surface area contributed by atoms with Gasteiger partial charge in [-0.15, -0.1) is 11.3 Å². The third kappa shape index (κ3) is 2.13. The topological polar surface area (TPSA) is 30.7 Å². The molecule has 0 saturated heterocycles. The Bertz CT molecular complexity index is 758. The van der Waals surface area contributed by atoms with E-state index >= 15 is 0 Å². The highest BCUT2D eigenvalue weighted by molar-refractivity contribution is 7.13. The highest BCUT2D eigenvalue weighted by atomic mass is 35.5. The average Bonchev–Trinajstić information content (AvgIpc) is 3.01. The van der Waals surface area contributed by atoms with Gasteiger partial charge in [-0.1, -0.05) is 19.9 Å². The largest absolute Gasteiger partial charge is 0.315 e. The first-order valence-electron chi connectivity index (χ1n) is 6.72. The van der Waals surface area contributed by atoms with Crippen molar-refractivity contribution >= 4 is 34.0 Å². The number of halogens is 1. The van der Waals surface area contributed by atoms with Crippen molar-refractivity contribution < 1.29 is 0 Å². The van der Waals surface area contributed by atoms with Crippen molar-refractivity contribution in [2.45, 2.75) is 33.2 Å². The van der Waals surface area contributed by atoms with E-state index in [0.29, 0.717) is 11.2 Å². The molecule has 0 fully saturated rings. The fourth-order valence-electron chi connectivity index (χ4n) is 2.27. The van der Waals surface area contributed by atoms with Gasteiger partial charge < -0.3 is 4.57 Å². The van der Waals surface area contributed by atoms with E-state index in [1.807, 2.05) is 10.6 Å². The van der Waals surface area contributed by atoms with Crippen LogP contribution in [0.5, 0.6) is 0 Å². The van der Waals surface area contributed by atoms with Gasteiger partial charge in [-0.05, 0) is 36.6 Å². The Kier molecular flexibility index (Phi) is 3.52. The summed E-state index contributed by atoms with van der Waals surface area (Å²) in [5.41, 5.74) is 4.19. The number of benzene rings is 1. The first kappa shape index (κ1) is 13.6. The number of thiazole rings is 1. The number of para-hydroxylation sites is 1. The van der Waals surface area contributed by atoms with E-state index in [4.69, 9.17) is 16.6 Å². The molecule has 3 nitrogen and oxygen atoms in total. The lowest BCUT2D eigenvalue weighted by atomic mass is 10.1. The molecule has 1 aromatic carbocycles. The second-order valence-electron chi connectivity index (χ2n) is 5.03. The molecule has 104 valence electrons. The van der Waals surface area contributed by atoms with Crippen LogP contribution in [0.4, 0.5) is 0 Å². The Morgan fingerprint density at radius 2 is 2.10 bits per heavy atom. The van der Waals surface area contributed by atoms with Crippen LogP contribution >= 0.6 is 22.9 Å². The summed E-state index contributed by atoms with van der Waals surface area (Å²) in [7, 11) is 0. The summed E-state index contributed by atoms with van der Waals surface area (Å²) >= 11 is 7.88. The van der Waals surface area contributed by atoms with Crippen LogP contribution in [-0.4, -0.2) is 14.5 Å². The van der Waals surface area contributed by atoms with Crippen LogP contribution in [0.15, 0.2) is 23.6 Å². The van der Waals surface area contributed by atoms with Gasteiger partial charge in [0.15, 0.2) is 0 Å². The second kappa shape index (κ2) is 5.19. The zero-order chi connectivity index (χ0) is 14.3. The summed E-state index contributed by atoms with van der Waals surface area (Å²) in [5.74, 6) is 0.441. The lowest BCUT2D eigenvalue weighted by Gasteiger charge is -2.02. The Labute approximate surface area is 127 Å². The van der Waals surface area contributed by atoms with Crippen LogP contribution in [0.1, 0.15) is 32.4 Å². The number of rotatable bonds is 3. The van der Waals surface area contributed by atoms with Gasteiger partial charge in [0.1, 0.15) is 10.5 Å². The summed E-state index contributed by atoms with van der Waals surface area (Å²) in [4.78, 5) is 9.23. The lowest BCUT2D eigenvalue weighted by molar-refractivity contribution is 0.788. The minimum Gasteiger partial charge on any atom is -0.315 e. The maximum absolute atomic E-state index is 6.22. The molecule has 20 heavy (non-hydrogen) atoms. The molecule has 0 amide bonds. The molecule has 0 unspecified atom stereocenters. The number of hydrogen-bond acceptors (Lipinski definition) is 3. The average molecular weight is 306 g/mol. The lowest BCUT2D eigenvalue weighted by Crippen LogP contribution is -1.93. The highest BCUT2D eigenvalue weighted by Crippen LogP contribution is 2.33. The third-order valence-corrected chi connectivity index (χ3v) is 4.57. The number of imidazole rings is 1. The van der Waals surface area contributed by atoms with Crippen molar-refractivity contribution in [1.29, 1.82) is 0 Å². The molecule has 0 spiro atoms. The maximum atomic E-state index is 6.22. The minimum absolute atomic E-state index is 0.441. The van der Waals surface area contributed by atoms with E-state index in [2.05, 4.69) is 43.3 Å². The van der Waals surface area contributed by atoms with Gasteiger partial charge in [-0.3, -0.25) is 0 Å². The van der Waals surface area contributed by atoms with Crippen molar-refractivity contribution in [3.63, 3.8) is 0 Å². The van der Waals surface area contributed by atoms with Crippen molar-refractivity contribution in [3.05, 3.63) is 34.6 Å². The zero-order valence-corrected chi connectivity index (χ0v) is 13.3. The van der Waals surface area contributed by atoms with Crippen molar-refractivity contribution in [3.8, 4) is 10.6 Å². The van der Waals surface area contributed by atoms with Crippen LogP contribution in [0.2, 0.25) is 5.28 Å². The van der Waals surface area contributed by atoms with E-state index in [9.17, 15) is 0 Å². The van der Waals surface area contributed by atoms with E-state index in [1.165, 1.54) is 0 Å². The predicted molar refractivity (Wildman–Crippen MR) is 85.6 cm³/mol. The van der Waals surface area contributed by atoms with E-state index in [1.54, 1.807) is 11.3 Å². The van der Waals surface area contributed by atoms with Crippen LogP contribution < -0.4 is 0 Å². The Balaban J connectivity index is 2.20. The van der Waals surface area contributed by atoms with Gasteiger partial charge in [0.05, 0.1) is 11.2 Å². The van der Waals surface area contributed by atoms with Gasteiger partial charge in [-0.2, -0.15) is 0 Å². The summed E-state index contributed by atoms with van der Waals surface area (Å²) in [6, 6.07) is 6.16. The maximum Gasteiger partial charge on any atom is 0.203 e. The van der Waals surface area contributed by atoms with Gasteiger partial charge in [-0.25, -0.2) is 9.97 Å². The van der Waals surface area contributed by atoms with Crippen molar-refractivity contribution in [2.24, 2.45) is 0 Å². The summed E-state index contributed by atoms with van der Waals surface area (Å²) in [6.07, 6.45) is 0. The zero-order valence-electron chi connectivity index (χ0n) is 11.7. The smallest absolute Gasteiger partial charge is 0.203 e. The number of aryl methyl sites for hydroxylation is 1. The second-order valence-corrected chi connectivity index (χ2v) is 6.23. The Morgan fingerprint density at radius 1 is 1.30 bits per heavy atom. The normalized spacial score (nSPS) is 11.7. The molecule has 5 heteroatoms. The molecule has 0 radical (unpaired) electrons. The molecule has 2 heterocycles. The third-order valence-electron chi connectivity index (χ3n) is 3.39. The van der Waals surface area contributed by atoms with Crippen LogP contribution in [0.25, 0.3) is 21.6 Å². The molecule has 2 aromatic heterocycles. The molecule has 3 rings (SSSR count). The van der Waals surface area contributed by atoms with Crippen molar-refractivity contribution in [1.82, 2.24) is 14.5 Å². The first-order valence-corrected chi connectivity index (χ1v) is 7.98. The number of hydrogen-bond donors (Lipinski definition) is 0. The molecule has 0 N–H and O–H groups in total. The predicted octanol–water partition coefficient (Wildman–Crippen LogP) is 4.96. The van der Waals surface area contributed by atoms with Crippen LogP contribution in [-0.2, 0) is 6.54 Å². The molecule has 0 bridgehead atoms. The monoisotopic (exact) mass is 305 g/mol. The fourth-order valence-corrected chi connectivity index (χ4v) is 3.57. The highest BCUT2D eigenvalue weighted by Gasteiger charge is 2.15. The fraction of sp³-hybridized carbons (Fsp3) is 0.333. The molecule has 0 aliphatic carbocycles. The number of fused-ring (bicyclic) bond motifs is 1. The Morgan fingerprint density at radius 3 is 2.75 bits per heavy atom. The summed E-state index contributed by atoms with van der Waals surface area (Å²) < 4.78 is 2.01. The summed E-state index contributed by atoms with van der Waals surface area (Å²) in [6.45, 7) is 7.19. The van der Waals surface area contributed by atoms with Gasteiger partial charge in [0.2, 0.25) is 5.28 Å². The molecular formula is C15H16ClN3S. The quantitative estimate of drug-likeness (QED) is 0.685. The Hall–Kier alpha value is -1.39. The molecule has 0 aliphatic heterocycles. The van der Waals surface area contributed by atoms with E-state index in [0.717, 1.165) is 33.8 Å². The van der Waals surface area contributed by atoms with Gasteiger partial charge >= 0.3 is 0 Å². The molecule has 3 aromatic rings. The standard InChI is InChI=1S/C15H16ClN3S/c1-4-19-12-7-5-6-10(13(12)18-15(19)16)14-17-11(8-20-14)9(2)3/h5-9H,4H2,1-3H3. The number of aromatic nitrogens is 3.